The maximum atomic E-state index is 12.5. The van der Waals surface area contributed by atoms with Crippen LogP contribution in [0, 0.1) is 0 Å². The maximum Gasteiger partial charge on any atom is 0.243 e. The van der Waals surface area contributed by atoms with Crippen molar-refractivity contribution >= 4 is 34.8 Å². The first-order chi connectivity index (χ1) is 11.0. The molecule has 124 valence electrons. The van der Waals surface area contributed by atoms with E-state index >= 15 is 0 Å². The molecule has 0 bridgehead atoms. The molecule has 3 N–H and O–H groups in total. The second-order valence-electron chi connectivity index (χ2n) is 5.28. The molecule has 1 atom stereocenters. The van der Waals surface area contributed by atoms with Crippen LogP contribution in [-0.4, -0.2) is 34.5 Å². The number of amides is 1. The summed E-state index contributed by atoms with van der Waals surface area (Å²) in [5.41, 5.74) is 8.86. The lowest BCUT2D eigenvalue weighted by Crippen LogP contribution is -2.54. The van der Waals surface area contributed by atoms with Crippen molar-refractivity contribution in [2.45, 2.75) is 37.8 Å². The second kappa shape index (κ2) is 8.33. The largest absolute Gasteiger partial charge is 0.322 e. The Kier molecular flexibility index (Phi) is 6.44. The number of hydrazine groups is 1. The number of halogens is 2. The van der Waals surface area contributed by atoms with Crippen molar-refractivity contribution < 1.29 is 4.79 Å². The van der Waals surface area contributed by atoms with Gasteiger partial charge in [-0.2, -0.15) is 0 Å². The number of nitrogens with one attached hydrogen (secondary N) is 1. The average Bonchev–Trinajstić information content (AvgIpc) is 3.04. The smallest absolute Gasteiger partial charge is 0.243 e. The highest BCUT2D eigenvalue weighted by Gasteiger charge is 2.31. The van der Waals surface area contributed by atoms with Gasteiger partial charge in [-0.3, -0.25) is 10.6 Å². The van der Waals surface area contributed by atoms with E-state index in [1.54, 1.807) is 6.07 Å². The first-order valence-electron chi connectivity index (χ1n) is 7.19. The number of pyridine rings is 1. The summed E-state index contributed by atoms with van der Waals surface area (Å²) in [6, 6.07) is 2.39. The van der Waals surface area contributed by atoms with Gasteiger partial charge in [-0.05, 0) is 30.5 Å². The van der Waals surface area contributed by atoms with Crippen LogP contribution in [0.3, 0.4) is 0 Å². The van der Waals surface area contributed by atoms with Gasteiger partial charge < -0.3 is 5.32 Å². The quantitative estimate of drug-likeness (QED) is 0.203. The van der Waals surface area contributed by atoms with Gasteiger partial charge >= 0.3 is 0 Å². The van der Waals surface area contributed by atoms with Gasteiger partial charge in [-0.25, -0.2) is 9.99 Å². The number of nitrogens with zero attached hydrogens (tertiary/aromatic N) is 5. The molecule has 1 saturated carbocycles. The molecule has 8 nitrogen and oxygen atoms in total. The summed E-state index contributed by atoms with van der Waals surface area (Å²) in [5.74, 6) is 5.70. The summed E-state index contributed by atoms with van der Waals surface area (Å²) in [6.45, 7) is -0.0615. The highest BCUT2D eigenvalue weighted by atomic mass is 35.5. The van der Waals surface area contributed by atoms with Crippen molar-refractivity contribution in [3.05, 3.63) is 32.9 Å². The lowest BCUT2D eigenvalue weighted by molar-refractivity contribution is -0.122. The fourth-order valence-corrected chi connectivity index (χ4v) is 3.00. The van der Waals surface area contributed by atoms with Gasteiger partial charge in [0.15, 0.2) is 5.15 Å². The number of anilines is 1. The monoisotopic (exact) mass is 357 g/mol. The van der Waals surface area contributed by atoms with Gasteiger partial charge in [0.05, 0.1) is 12.2 Å². The number of carbonyl (C=O) groups excluding carboxylic acids is 1. The lowest BCUT2D eigenvalue weighted by Gasteiger charge is -2.30. The van der Waals surface area contributed by atoms with Gasteiger partial charge in [0, 0.05) is 11.0 Å². The normalized spacial score (nSPS) is 16.2. The van der Waals surface area contributed by atoms with Crippen molar-refractivity contribution in [2.24, 2.45) is 11.0 Å². The van der Waals surface area contributed by atoms with Crippen LogP contribution in [0.2, 0.25) is 10.3 Å². The number of carbonyl (C=O) groups is 1. The van der Waals surface area contributed by atoms with E-state index < -0.39 is 11.9 Å². The van der Waals surface area contributed by atoms with Crippen LogP contribution in [0.25, 0.3) is 10.4 Å². The van der Waals surface area contributed by atoms with E-state index in [0.717, 1.165) is 25.7 Å². The van der Waals surface area contributed by atoms with Crippen LogP contribution < -0.4 is 11.2 Å². The first kappa shape index (κ1) is 17.8. The fraction of sp³-hybridized carbons (Fsp3) is 0.538. The Morgan fingerprint density at radius 3 is 2.83 bits per heavy atom. The molecule has 1 amide bonds. The molecule has 1 fully saturated rings. The number of hydrogen-bond acceptors (Lipinski definition) is 5. The topological polar surface area (TPSA) is 120 Å². The summed E-state index contributed by atoms with van der Waals surface area (Å²) in [4.78, 5) is 19.1. The number of rotatable bonds is 6. The number of nitrogens with two attached hydrogens (primary N) is 1. The van der Waals surface area contributed by atoms with E-state index in [4.69, 9.17) is 34.6 Å². The van der Waals surface area contributed by atoms with E-state index in [-0.39, 0.29) is 22.9 Å². The highest BCUT2D eigenvalue weighted by Crippen LogP contribution is 2.25. The summed E-state index contributed by atoms with van der Waals surface area (Å²) >= 11 is 11.7. The summed E-state index contributed by atoms with van der Waals surface area (Å²) in [5, 5.41) is 7.93. The molecule has 1 heterocycles. The van der Waals surface area contributed by atoms with Crippen molar-refractivity contribution in [3.63, 3.8) is 0 Å². The highest BCUT2D eigenvalue weighted by molar-refractivity contribution is 6.34. The minimum Gasteiger partial charge on any atom is -0.322 e. The minimum atomic E-state index is -0.777. The number of azide groups is 1. The van der Waals surface area contributed by atoms with Gasteiger partial charge in [-0.15, -0.1) is 0 Å². The Bertz CT molecular complexity index is 614. The number of hydrogen-bond donors (Lipinski definition) is 2. The Hall–Kier alpha value is -1.57. The van der Waals surface area contributed by atoms with Crippen LogP contribution in [0.4, 0.5) is 5.69 Å². The third-order valence-electron chi connectivity index (χ3n) is 3.80. The Morgan fingerprint density at radius 1 is 1.52 bits per heavy atom. The second-order valence-corrected chi connectivity index (χ2v) is 6.02. The fourth-order valence-electron chi connectivity index (χ4n) is 2.60. The molecular weight excluding hydrogens is 341 g/mol. The lowest BCUT2D eigenvalue weighted by atomic mass is 10.1. The van der Waals surface area contributed by atoms with Crippen LogP contribution in [0.5, 0.6) is 0 Å². The Morgan fingerprint density at radius 2 is 2.22 bits per heavy atom. The Balaban J connectivity index is 2.13. The van der Waals surface area contributed by atoms with E-state index in [9.17, 15) is 4.79 Å². The zero-order valence-corrected chi connectivity index (χ0v) is 13.8. The van der Waals surface area contributed by atoms with Crippen molar-refractivity contribution in [3.8, 4) is 0 Å². The Labute approximate surface area is 143 Å². The van der Waals surface area contributed by atoms with Crippen LogP contribution >= 0.6 is 23.2 Å². The molecule has 1 aliphatic rings. The zero-order valence-electron chi connectivity index (χ0n) is 12.3. The molecule has 0 radical (unpaired) electrons. The third-order valence-corrected chi connectivity index (χ3v) is 4.30. The summed E-state index contributed by atoms with van der Waals surface area (Å²) in [7, 11) is 0. The summed E-state index contributed by atoms with van der Waals surface area (Å²) in [6.07, 6.45) is 3.97. The molecule has 2 rings (SSSR count). The average molecular weight is 358 g/mol. The van der Waals surface area contributed by atoms with Gasteiger partial charge in [0.25, 0.3) is 0 Å². The first-order valence-corrected chi connectivity index (χ1v) is 7.95. The third kappa shape index (κ3) is 4.70. The SMILES string of the molecule is [N-]=[N+]=NC[C@H](C(=O)Nc1ccc(Cl)nc1Cl)N(N)C1CCCC1. The maximum absolute atomic E-state index is 12.5. The molecule has 23 heavy (non-hydrogen) atoms. The van der Waals surface area contributed by atoms with E-state index in [0.29, 0.717) is 5.69 Å². The number of aromatic nitrogens is 1. The molecule has 1 aromatic heterocycles. The predicted octanol–water partition coefficient (Wildman–Crippen LogP) is 3.12. The van der Waals surface area contributed by atoms with Gasteiger partial charge in [0.1, 0.15) is 11.2 Å². The van der Waals surface area contributed by atoms with Gasteiger partial charge in [-0.1, -0.05) is 41.2 Å². The van der Waals surface area contributed by atoms with E-state index in [1.165, 1.54) is 11.1 Å². The minimum absolute atomic E-state index is 0.0615. The molecule has 0 aromatic carbocycles. The van der Waals surface area contributed by atoms with E-state index in [1.807, 2.05) is 0 Å². The molecule has 0 unspecified atom stereocenters. The van der Waals surface area contributed by atoms with Crippen LogP contribution in [0.15, 0.2) is 17.2 Å². The van der Waals surface area contributed by atoms with Crippen molar-refractivity contribution in [1.82, 2.24) is 9.99 Å². The summed E-state index contributed by atoms with van der Waals surface area (Å²) < 4.78 is 0. The predicted molar refractivity (Wildman–Crippen MR) is 89.0 cm³/mol. The molecule has 1 aromatic rings. The van der Waals surface area contributed by atoms with Crippen molar-refractivity contribution in [2.75, 3.05) is 11.9 Å². The van der Waals surface area contributed by atoms with Crippen molar-refractivity contribution in [1.29, 1.82) is 0 Å². The van der Waals surface area contributed by atoms with E-state index in [2.05, 4.69) is 20.3 Å². The van der Waals surface area contributed by atoms with Crippen LogP contribution in [-0.2, 0) is 4.79 Å². The van der Waals surface area contributed by atoms with Crippen LogP contribution in [0.1, 0.15) is 25.7 Å². The molecule has 10 heteroatoms. The molecule has 0 saturated heterocycles. The molecule has 0 spiro atoms. The molecular formula is C13H17Cl2N7O. The molecule has 0 aliphatic heterocycles. The zero-order chi connectivity index (χ0) is 16.8. The molecule has 1 aliphatic carbocycles. The van der Waals surface area contributed by atoms with Gasteiger partial charge in [0.2, 0.25) is 5.91 Å². The standard InChI is InChI=1S/C13H17Cl2N7O/c14-11-6-5-9(12(15)20-11)19-13(23)10(7-18-21-16)22(17)8-3-1-2-4-8/h5-6,8,10H,1-4,7,17H2,(H,19,23)/t10-/m1/s1.